The lowest BCUT2D eigenvalue weighted by atomic mass is 10.0. The average Bonchev–Trinajstić information content (AvgIpc) is 2.42. The predicted octanol–water partition coefficient (Wildman–Crippen LogP) is 4.46. The standard InChI is InChI=1S/C15H23BrN2O2/c1-3-5-14(17-10-4-2)9-7-12-6-8-13(16)11-15(12)18(19)20/h6,8,11,14,17H,3-5,7,9-10H2,1-2H3. The SMILES string of the molecule is CCCNC(CCC)CCc1ccc(Br)cc1[N+](=O)[O-]. The highest BCUT2D eigenvalue weighted by molar-refractivity contribution is 9.10. The van der Waals surface area contributed by atoms with Crippen LogP contribution in [0.25, 0.3) is 0 Å². The van der Waals surface area contributed by atoms with Crippen molar-refractivity contribution in [3.8, 4) is 0 Å². The van der Waals surface area contributed by atoms with Crippen LogP contribution >= 0.6 is 15.9 Å². The van der Waals surface area contributed by atoms with Crippen molar-refractivity contribution in [1.29, 1.82) is 0 Å². The normalized spacial score (nSPS) is 12.3. The van der Waals surface area contributed by atoms with E-state index in [1.165, 1.54) is 0 Å². The first kappa shape index (κ1) is 17.1. The Kier molecular flexibility index (Phi) is 7.77. The van der Waals surface area contributed by atoms with Crippen molar-refractivity contribution in [3.05, 3.63) is 38.3 Å². The summed E-state index contributed by atoms with van der Waals surface area (Å²) in [7, 11) is 0. The summed E-state index contributed by atoms with van der Waals surface area (Å²) in [5.41, 5.74) is 1.03. The second kappa shape index (κ2) is 9.08. The van der Waals surface area contributed by atoms with Crippen LogP contribution in [-0.2, 0) is 6.42 Å². The molecule has 0 spiro atoms. The minimum atomic E-state index is -0.297. The Labute approximate surface area is 129 Å². The highest BCUT2D eigenvalue weighted by atomic mass is 79.9. The molecule has 0 aliphatic carbocycles. The maximum Gasteiger partial charge on any atom is 0.273 e. The molecule has 1 atom stereocenters. The molecule has 1 N–H and O–H groups in total. The number of rotatable bonds is 9. The van der Waals surface area contributed by atoms with Crippen LogP contribution in [0.15, 0.2) is 22.7 Å². The molecule has 0 saturated carbocycles. The third-order valence-electron chi connectivity index (χ3n) is 3.33. The predicted molar refractivity (Wildman–Crippen MR) is 86.1 cm³/mol. The molecule has 0 aliphatic heterocycles. The van der Waals surface area contributed by atoms with Crippen molar-refractivity contribution in [3.63, 3.8) is 0 Å². The van der Waals surface area contributed by atoms with E-state index in [1.54, 1.807) is 6.07 Å². The fourth-order valence-electron chi connectivity index (χ4n) is 2.29. The van der Waals surface area contributed by atoms with Crippen LogP contribution in [0.1, 0.15) is 45.1 Å². The average molecular weight is 343 g/mol. The zero-order valence-corrected chi connectivity index (χ0v) is 13.8. The topological polar surface area (TPSA) is 55.2 Å². The molecule has 0 amide bonds. The van der Waals surface area contributed by atoms with Crippen LogP contribution in [0, 0.1) is 10.1 Å². The molecule has 0 aromatic heterocycles. The minimum Gasteiger partial charge on any atom is -0.314 e. The van der Waals surface area contributed by atoms with Crippen LogP contribution in [-0.4, -0.2) is 17.5 Å². The molecule has 1 aromatic carbocycles. The largest absolute Gasteiger partial charge is 0.314 e. The summed E-state index contributed by atoms with van der Waals surface area (Å²) in [6.45, 7) is 5.32. The van der Waals surface area contributed by atoms with E-state index in [2.05, 4.69) is 35.1 Å². The molecule has 4 nitrogen and oxygen atoms in total. The van der Waals surface area contributed by atoms with E-state index in [-0.39, 0.29) is 10.6 Å². The van der Waals surface area contributed by atoms with Gasteiger partial charge in [0.25, 0.3) is 5.69 Å². The summed E-state index contributed by atoms with van der Waals surface area (Å²) in [5.74, 6) is 0. The number of nitro groups is 1. The van der Waals surface area contributed by atoms with E-state index in [1.807, 2.05) is 12.1 Å². The van der Waals surface area contributed by atoms with Crippen molar-refractivity contribution in [1.82, 2.24) is 5.32 Å². The van der Waals surface area contributed by atoms with Gasteiger partial charge in [0.2, 0.25) is 0 Å². The minimum absolute atomic E-state index is 0.213. The van der Waals surface area contributed by atoms with Gasteiger partial charge in [0.1, 0.15) is 0 Å². The molecule has 0 fully saturated rings. The van der Waals surface area contributed by atoms with Crippen molar-refractivity contribution in [2.24, 2.45) is 0 Å². The quantitative estimate of drug-likeness (QED) is 0.532. The molecule has 1 unspecified atom stereocenters. The molecule has 0 heterocycles. The molecular weight excluding hydrogens is 320 g/mol. The van der Waals surface area contributed by atoms with Gasteiger partial charge in [-0.1, -0.05) is 42.3 Å². The fraction of sp³-hybridized carbons (Fsp3) is 0.600. The summed E-state index contributed by atoms with van der Waals surface area (Å²) in [6, 6.07) is 5.76. The first-order chi connectivity index (χ1) is 9.58. The zero-order valence-electron chi connectivity index (χ0n) is 12.2. The van der Waals surface area contributed by atoms with E-state index in [4.69, 9.17) is 0 Å². The van der Waals surface area contributed by atoms with Gasteiger partial charge in [-0.05, 0) is 38.3 Å². The fourth-order valence-corrected chi connectivity index (χ4v) is 2.64. The van der Waals surface area contributed by atoms with Crippen LogP contribution in [0.2, 0.25) is 0 Å². The van der Waals surface area contributed by atoms with E-state index in [0.29, 0.717) is 6.04 Å². The maximum atomic E-state index is 11.1. The number of nitro benzene ring substituents is 1. The number of aryl methyl sites for hydroxylation is 1. The molecular formula is C15H23BrN2O2. The molecule has 112 valence electrons. The van der Waals surface area contributed by atoms with Gasteiger partial charge in [-0.2, -0.15) is 0 Å². The number of hydrogen-bond acceptors (Lipinski definition) is 3. The highest BCUT2D eigenvalue weighted by Crippen LogP contribution is 2.25. The van der Waals surface area contributed by atoms with E-state index < -0.39 is 0 Å². The van der Waals surface area contributed by atoms with E-state index in [0.717, 1.165) is 48.7 Å². The molecule has 0 saturated heterocycles. The molecule has 1 rings (SSSR count). The molecule has 1 aromatic rings. The van der Waals surface area contributed by atoms with E-state index in [9.17, 15) is 10.1 Å². The Hall–Kier alpha value is -0.940. The van der Waals surface area contributed by atoms with Gasteiger partial charge in [-0.25, -0.2) is 0 Å². The summed E-state index contributed by atoms with van der Waals surface area (Å²) in [5, 5.41) is 14.6. The van der Waals surface area contributed by atoms with Gasteiger partial charge in [0.15, 0.2) is 0 Å². The zero-order chi connectivity index (χ0) is 15.0. The van der Waals surface area contributed by atoms with Gasteiger partial charge in [-0.15, -0.1) is 0 Å². The van der Waals surface area contributed by atoms with Gasteiger partial charge in [-0.3, -0.25) is 10.1 Å². The molecule has 0 bridgehead atoms. The van der Waals surface area contributed by atoms with Gasteiger partial charge in [0, 0.05) is 22.1 Å². The van der Waals surface area contributed by atoms with Crippen LogP contribution < -0.4 is 5.32 Å². The smallest absolute Gasteiger partial charge is 0.273 e. The second-order valence-corrected chi connectivity index (χ2v) is 5.92. The van der Waals surface area contributed by atoms with Gasteiger partial charge < -0.3 is 5.32 Å². The van der Waals surface area contributed by atoms with Gasteiger partial charge in [0.05, 0.1) is 4.92 Å². The Morgan fingerprint density at radius 3 is 2.65 bits per heavy atom. The number of halogens is 1. The van der Waals surface area contributed by atoms with Crippen molar-refractivity contribution in [2.75, 3.05) is 6.54 Å². The number of hydrogen-bond donors (Lipinski definition) is 1. The van der Waals surface area contributed by atoms with Crippen LogP contribution in [0.4, 0.5) is 5.69 Å². The maximum absolute atomic E-state index is 11.1. The molecule has 20 heavy (non-hydrogen) atoms. The van der Waals surface area contributed by atoms with E-state index >= 15 is 0 Å². The Balaban J connectivity index is 2.69. The molecule has 5 heteroatoms. The molecule has 0 radical (unpaired) electrons. The first-order valence-electron chi connectivity index (χ1n) is 7.24. The number of nitrogens with one attached hydrogen (secondary N) is 1. The summed E-state index contributed by atoms with van der Waals surface area (Å²) in [6.07, 6.45) is 5.04. The third-order valence-corrected chi connectivity index (χ3v) is 3.82. The monoisotopic (exact) mass is 342 g/mol. The second-order valence-electron chi connectivity index (χ2n) is 5.01. The summed E-state index contributed by atoms with van der Waals surface area (Å²) >= 11 is 3.29. The number of benzene rings is 1. The van der Waals surface area contributed by atoms with Gasteiger partial charge >= 0.3 is 0 Å². The van der Waals surface area contributed by atoms with Crippen LogP contribution in [0.5, 0.6) is 0 Å². The lowest BCUT2D eigenvalue weighted by Gasteiger charge is -2.17. The van der Waals surface area contributed by atoms with Crippen molar-refractivity contribution in [2.45, 2.75) is 52.0 Å². The summed E-state index contributed by atoms with van der Waals surface area (Å²) in [4.78, 5) is 10.8. The first-order valence-corrected chi connectivity index (χ1v) is 8.04. The lowest BCUT2D eigenvalue weighted by Crippen LogP contribution is -2.30. The molecule has 0 aliphatic rings. The highest BCUT2D eigenvalue weighted by Gasteiger charge is 2.15. The Morgan fingerprint density at radius 2 is 2.05 bits per heavy atom. The summed E-state index contributed by atoms with van der Waals surface area (Å²) < 4.78 is 0.752. The third kappa shape index (κ3) is 5.59. The lowest BCUT2D eigenvalue weighted by molar-refractivity contribution is -0.385. The van der Waals surface area contributed by atoms with Crippen LogP contribution in [0.3, 0.4) is 0 Å². The van der Waals surface area contributed by atoms with Crippen molar-refractivity contribution >= 4 is 21.6 Å². The Morgan fingerprint density at radius 1 is 1.30 bits per heavy atom. The Bertz CT molecular complexity index is 438. The van der Waals surface area contributed by atoms with Crippen molar-refractivity contribution < 1.29 is 4.92 Å². The number of nitrogens with zero attached hydrogens (tertiary/aromatic N) is 1.